The molecule has 0 atom stereocenters. The number of rotatable bonds is 3. The zero-order chi connectivity index (χ0) is 10.7. The Morgan fingerprint density at radius 1 is 1.43 bits per heavy atom. The summed E-state index contributed by atoms with van der Waals surface area (Å²) in [4.78, 5) is 2.71. The first-order chi connectivity index (χ1) is 6.61. The molecule has 2 heteroatoms. The fraction of sp³-hybridized carbons (Fsp3) is 0.500. The smallest absolute Gasteiger partial charge is 0.0276 e. The van der Waals surface area contributed by atoms with Crippen LogP contribution in [0, 0.1) is 13.8 Å². The Kier molecular flexibility index (Phi) is 3.90. The van der Waals surface area contributed by atoms with Crippen LogP contribution in [0.2, 0.25) is 0 Å². The molecular weight excluding hydrogens is 190 g/mol. The highest BCUT2D eigenvalue weighted by Crippen LogP contribution is 2.32. The fourth-order valence-electron chi connectivity index (χ4n) is 1.89. The molecule has 0 aliphatic rings. The Hall–Kier alpha value is -0.600. The van der Waals surface area contributed by atoms with Crippen molar-refractivity contribution in [3.8, 4) is 0 Å². The van der Waals surface area contributed by atoms with Gasteiger partial charge < -0.3 is 5.73 Å². The molecule has 1 aromatic rings. The van der Waals surface area contributed by atoms with Crippen LogP contribution in [0.1, 0.15) is 41.1 Å². The van der Waals surface area contributed by atoms with Gasteiger partial charge in [0.05, 0.1) is 0 Å². The fourth-order valence-corrected chi connectivity index (χ4v) is 3.02. The number of thiophene rings is 1. The van der Waals surface area contributed by atoms with Gasteiger partial charge in [-0.1, -0.05) is 13.0 Å². The van der Waals surface area contributed by atoms with Crippen molar-refractivity contribution >= 4 is 16.9 Å². The van der Waals surface area contributed by atoms with Gasteiger partial charge in [0.2, 0.25) is 0 Å². The Labute approximate surface area is 90.6 Å². The van der Waals surface area contributed by atoms with E-state index in [4.69, 9.17) is 5.73 Å². The molecule has 0 spiro atoms. The summed E-state index contributed by atoms with van der Waals surface area (Å²) in [6, 6.07) is 0. The Balaban J connectivity index is 3.20. The Morgan fingerprint density at radius 3 is 2.50 bits per heavy atom. The molecule has 0 saturated carbocycles. The highest BCUT2D eigenvalue weighted by atomic mass is 32.1. The lowest BCUT2D eigenvalue weighted by Crippen LogP contribution is -1.95. The predicted octanol–water partition coefficient (Wildman–Crippen LogP) is 3.64. The van der Waals surface area contributed by atoms with E-state index in [1.54, 1.807) is 0 Å². The summed E-state index contributed by atoms with van der Waals surface area (Å²) in [5, 5.41) is 0. The van der Waals surface area contributed by atoms with E-state index >= 15 is 0 Å². The van der Waals surface area contributed by atoms with Gasteiger partial charge in [0.15, 0.2) is 0 Å². The van der Waals surface area contributed by atoms with Gasteiger partial charge in [0.1, 0.15) is 0 Å². The van der Waals surface area contributed by atoms with Gasteiger partial charge in [-0.3, -0.25) is 0 Å². The van der Waals surface area contributed by atoms with Crippen molar-refractivity contribution in [1.82, 2.24) is 0 Å². The van der Waals surface area contributed by atoms with E-state index in [1.807, 2.05) is 11.3 Å². The second-order valence-electron chi connectivity index (χ2n) is 3.58. The molecular formula is C12H19NS. The van der Waals surface area contributed by atoms with Gasteiger partial charge in [-0.05, 0) is 43.9 Å². The van der Waals surface area contributed by atoms with Crippen LogP contribution in [0.4, 0.5) is 0 Å². The molecule has 1 rings (SSSR count). The van der Waals surface area contributed by atoms with Crippen LogP contribution in [0.3, 0.4) is 0 Å². The van der Waals surface area contributed by atoms with E-state index in [0.717, 1.165) is 6.42 Å². The van der Waals surface area contributed by atoms with E-state index in [0.29, 0.717) is 6.54 Å². The average molecular weight is 209 g/mol. The Bertz CT molecular complexity index is 347. The van der Waals surface area contributed by atoms with Crippen LogP contribution in [0.15, 0.2) is 6.08 Å². The van der Waals surface area contributed by atoms with Gasteiger partial charge in [0, 0.05) is 16.3 Å². The standard InChI is InChI=1S/C12H19NS/c1-5-6-8(2)12-9(3)11(7-13)14-10(12)4/h6H,5,7,13H2,1-4H3/b8-6-. The van der Waals surface area contributed by atoms with Crippen molar-refractivity contribution in [3.05, 3.63) is 27.0 Å². The largest absolute Gasteiger partial charge is 0.326 e. The molecule has 1 aromatic heterocycles. The molecule has 0 fully saturated rings. The molecule has 0 bridgehead atoms. The van der Waals surface area contributed by atoms with E-state index in [1.165, 1.54) is 26.5 Å². The summed E-state index contributed by atoms with van der Waals surface area (Å²) in [6.07, 6.45) is 3.38. The minimum Gasteiger partial charge on any atom is -0.326 e. The van der Waals surface area contributed by atoms with Crippen molar-refractivity contribution in [2.45, 2.75) is 40.7 Å². The van der Waals surface area contributed by atoms with Gasteiger partial charge in [-0.25, -0.2) is 0 Å². The first-order valence-electron chi connectivity index (χ1n) is 5.07. The molecule has 0 aliphatic carbocycles. The second kappa shape index (κ2) is 4.76. The third-order valence-electron chi connectivity index (χ3n) is 2.51. The van der Waals surface area contributed by atoms with Crippen molar-refractivity contribution < 1.29 is 0 Å². The van der Waals surface area contributed by atoms with Gasteiger partial charge in [-0.2, -0.15) is 0 Å². The van der Waals surface area contributed by atoms with Crippen molar-refractivity contribution in [3.63, 3.8) is 0 Å². The molecule has 78 valence electrons. The average Bonchev–Trinajstić information content (AvgIpc) is 2.41. The molecule has 0 amide bonds. The summed E-state index contributed by atoms with van der Waals surface area (Å²) < 4.78 is 0. The van der Waals surface area contributed by atoms with Crippen LogP contribution in [-0.2, 0) is 6.54 Å². The number of allylic oxidation sites excluding steroid dienone is 2. The van der Waals surface area contributed by atoms with Crippen molar-refractivity contribution in [2.24, 2.45) is 5.73 Å². The van der Waals surface area contributed by atoms with Crippen LogP contribution < -0.4 is 5.73 Å². The normalized spacial score (nSPS) is 12.2. The number of hydrogen-bond acceptors (Lipinski definition) is 2. The number of nitrogens with two attached hydrogens (primary N) is 1. The minimum absolute atomic E-state index is 0.663. The molecule has 1 nitrogen and oxygen atoms in total. The van der Waals surface area contributed by atoms with Crippen LogP contribution in [-0.4, -0.2) is 0 Å². The molecule has 2 N–H and O–H groups in total. The summed E-state index contributed by atoms with van der Waals surface area (Å²) in [5.74, 6) is 0. The summed E-state index contributed by atoms with van der Waals surface area (Å²) in [7, 11) is 0. The first kappa shape index (κ1) is 11.5. The van der Waals surface area contributed by atoms with Gasteiger partial charge >= 0.3 is 0 Å². The van der Waals surface area contributed by atoms with Crippen LogP contribution >= 0.6 is 11.3 Å². The topological polar surface area (TPSA) is 26.0 Å². The molecule has 0 aromatic carbocycles. The Morgan fingerprint density at radius 2 is 2.07 bits per heavy atom. The molecule has 0 saturated heterocycles. The highest BCUT2D eigenvalue weighted by molar-refractivity contribution is 7.12. The van der Waals surface area contributed by atoms with E-state index in [2.05, 4.69) is 33.8 Å². The second-order valence-corrected chi connectivity index (χ2v) is 4.89. The number of hydrogen-bond donors (Lipinski definition) is 1. The lowest BCUT2D eigenvalue weighted by atomic mass is 10.0. The van der Waals surface area contributed by atoms with E-state index < -0.39 is 0 Å². The predicted molar refractivity (Wildman–Crippen MR) is 65.6 cm³/mol. The van der Waals surface area contributed by atoms with Crippen molar-refractivity contribution in [2.75, 3.05) is 0 Å². The van der Waals surface area contributed by atoms with Crippen LogP contribution in [0.5, 0.6) is 0 Å². The quantitative estimate of drug-likeness (QED) is 0.808. The molecule has 14 heavy (non-hydrogen) atoms. The maximum absolute atomic E-state index is 5.70. The maximum Gasteiger partial charge on any atom is 0.0276 e. The summed E-state index contributed by atoms with van der Waals surface area (Å²) in [6.45, 7) is 9.38. The monoisotopic (exact) mass is 209 g/mol. The van der Waals surface area contributed by atoms with E-state index in [9.17, 15) is 0 Å². The maximum atomic E-state index is 5.70. The molecule has 1 heterocycles. The minimum atomic E-state index is 0.663. The lowest BCUT2D eigenvalue weighted by Gasteiger charge is -2.03. The molecule has 0 unspecified atom stereocenters. The summed E-state index contributed by atoms with van der Waals surface area (Å²) in [5.41, 5.74) is 9.87. The first-order valence-corrected chi connectivity index (χ1v) is 5.89. The lowest BCUT2D eigenvalue weighted by molar-refractivity contribution is 1.09. The van der Waals surface area contributed by atoms with E-state index in [-0.39, 0.29) is 0 Å². The number of aryl methyl sites for hydroxylation is 1. The van der Waals surface area contributed by atoms with Gasteiger partial charge in [0.25, 0.3) is 0 Å². The van der Waals surface area contributed by atoms with Crippen LogP contribution in [0.25, 0.3) is 5.57 Å². The van der Waals surface area contributed by atoms with Crippen molar-refractivity contribution in [1.29, 1.82) is 0 Å². The van der Waals surface area contributed by atoms with Gasteiger partial charge in [-0.15, -0.1) is 11.3 Å². The third-order valence-corrected chi connectivity index (χ3v) is 3.74. The zero-order valence-corrected chi connectivity index (χ0v) is 10.3. The third kappa shape index (κ3) is 2.07. The highest BCUT2D eigenvalue weighted by Gasteiger charge is 2.11. The zero-order valence-electron chi connectivity index (χ0n) is 9.48. The summed E-state index contributed by atoms with van der Waals surface area (Å²) >= 11 is 1.83. The SMILES string of the molecule is CC/C=C(/C)c1c(C)sc(CN)c1C. The molecule has 0 radical (unpaired) electrons. The molecule has 0 aliphatic heterocycles.